The fourth-order valence-corrected chi connectivity index (χ4v) is 3.72. The highest BCUT2D eigenvalue weighted by Gasteiger charge is 2.24. The molecule has 8 heteroatoms. The lowest BCUT2D eigenvalue weighted by Crippen LogP contribution is -2.43. The summed E-state index contributed by atoms with van der Waals surface area (Å²) in [5, 5.41) is 6.83. The number of halogens is 1. The third-order valence-corrected chi connectivity index (χ3v) is 5.64. The molecule has 0 bridgehead atoms. The number of aromatic nitrogens is 1. The predicted molar refractivity (Wildman–Crippen MR) is 117 cm³/mol. The van der Waals surface area contributed by atoms with Gasteiger partial charge in [0.05, 0.1) is 26.4 Å². The van der Waals surface area contributed by atoms with Crippen LogP contribution in [0.1, 0.15) is 27.7 Å². The summed E-state index contributed by atoms with van der Waals surface area (Å²) in [5.74, 6) is 0.437. The molecule has 1 aliphatic rings. The number of nitrogens with one attached hydrogen (secondary N) is 1. The number of carbonyl (C=O) groups is 1. The molecular formula is C24H26FN3O4. The molecule has 32 heavy (non-hydrogen) atoms. The van der Waals surface area contributed by atoms with Gasteiger partial charge in [-0.25, -0.2) is 4.39 Å². The molecule has 7 nitrogen and oxygen atoms in total. The van der Waals surface area contributed by atoms with Crippen LogP contribution < -0.4 is 10.1 Å². The summed E-state index contributed by atoms with van der Waals surface area (Å²) < 4.78 is 29.9. The first kappa shape index (κ1) is 22.0. The molecule has 0 radical (unpaired) electrons. The summed E-state index contributed by atoms with van der Waals surface area (Å²) in [7, 11) is 1.63. The van der Waals surface area contributed by atoms with E-state index in [1.54, 1.807) is 26.2 Å². The lowest BCUT2D eigenvalue weighted by atomic mass is 10.0. The van der Waals surface area contributed by atoms with Gasteiger partial charge in [0, 0.05) is 31.3 Å². The standard InChI is InChI=1S/C24H26FN3O4/c1-16-3-4-18(13-20(16)25)23-14-21(27-32-23)24(29)26-15-22(28-9-11-31-12-10-28)17-5-7-19(30-2)8-6-17/h3-8,13-14,22H,9-12,15H2,1-2H3,(H,26,29)/t22-/m1/s1. The number of ether oxygens (including phenoxy) is 2. The van der Waals surface area contributed by atoms with Gasteiger partial charge in [0.15, 0.2) is 11.5 Å². The largest absolute Gasteiger partial charge is 0.497 e. The van der Waals surface area contributed by atoms with E-state index < -0.39 is 0 Å². The normalized spacial score (nSPS) is 15.3. The van der Waals surface area contributed by atoms with Gasteiger partial charge < -0.3 is 19.3 Å². The summed E-state index contributed by atoms with van der Waals surface area (Å²) >= 11 is 0. The van der Waals surface area contributed by atoms with E-state index in [0.717, 1.165) is 24.4 Å². The molecule has 2 heterocycles. The second kappa shape index (κ2) is 9.93. The van der Waals surface area contributed by atoms with Crippen LogP contribution in [0.4, 0.5) is 4.39 Å². The highest BCUT2D eigenvalue weighted by atomic mass is 19.1. The maximum atomic E-state index is 13.9. The first-order chi connectivity index (χ1) is 15.5. The van der Waals surface area contributed by atoms with Gasteiger partial charge in [0.25, 0.3) is 5.91 Å². The molecule has 2 aromatic carbocycles. The third kappa shape index (κ3) is 4.98. The minimum atomic E-state index is -0.348. The first-order valence-electron chi connectivity index (χ1n) is 10.5. The highest BCUT2D eigenvalue weighted by Crippen LogP contribution is 2.25. The number of rotatable bonds is 7. The van der Waals surface area contributed by atoms with Crippen molar-refractivity contribution in [2.75, 3.05) is 40.0 Å². The lowest BCUT2D eigenvalue weighted by Gasteiger charge is -2.34. The van der Waals surface area contributed by atoms with Crippen LogP contribution in [-0.4, -0.2) is 55.9 Å². The molecule has 1 N–H and O–H groups in total. The number of methoxy groups -OCH3 is 1. The van der Waals surface area contributed by atoms with Crippen LogP contribution >= 0.6 is 0 Å². The Morgan fingerprint density at radius 1 is 1.19 bits per heavy atom. The van der Waals surface area contributed by atoms with E-state index in [9.17, 15) is 9.18 Å². The van der Waals surface area contributed by atoms with Gasteiger partial charge >= 0.3 is 0 Å². The zero-order valence-corrected chi connectivity index (χ0v) is 18.1. The number of morpholine rings is 1. The average Bonchev–Trinajstić information content (AvgIpc) is 3.32. The van der Waals surface area contributed by atoms with Gasteiger partial charge in [-0.3, -0.25) is 9.69 Å². The Morgan fingerprint density at radius 2 is 1.94 bits per heavy atom. The lowest BCUT2D eigenvalue weighted by molar-refractivity contribution is 0.0162. The van der Waals surface area contributed by atoms with Crippen LogP contribution in [0.5, 0.6) is 5.75 Å². The molecule has 168 valence electrons. The SMILES string of the molecule is COc1ccc([C@@H](CNC(=O)c2cc(-c3ccc(C)c(F)c3)on2)N2CCOCC2)cc1. The minimum Gasteiger partial charge on any atom is -0.497 e. The second-order valence-corrected chi connectivity index (χ2v) is 7.69. The van der Waals surface area contributed by atoms with E-state index in [2.05, 4.69) is 15.4 Å². The Hall–Kier alpha value is -3.23. The number of nitrogens with zero attached hydrogens (tertiary/aromatic N) is 2. The zero-order chi connectivity index (χ0) is 22.5. The van der Waals surface area contributed by atoms with Gasteiger partial charge in [0.1, 0.15) is 11.6 Å². The molecule has 0 unspecified atom stereocenters. The van der Waals surface area contributed by atoms with Crippen molar-refractivity contribution in [3.8, 4) is 17.1 Å². The van der Waals surface area contributed by atoms with Gasteiger partial charge in [-0.05, 0) is 36.2 Å². The zero-order valence-electron chi connectivity index (χ0n) is 18.1. The summed E-state index contributed by atoms with van der Waals surface area (Å²) in [5.41, 5.74) is 2.29. The molecule has 3 aromatic rings. The quantitative estimate of drug-likeness (QED) is 0.606. The molecule has 1 saturated heterocycles. The molecular weight excluding hydrogens is 413 g/mol. The molecule has 1 aliphatic heterocycles. The maximum Gasteiger partial charge on any atom is 0.273 e. The fourth-order valence-electron chi connectivity index (χ4n) is 3.72. The van der Waals surface area contributed by atoms with Crippen molar-refractivity contribution >= 4 is 5.91 Å². The van der Waals surface area contributed by atoms with Gasteiger partial charge in [-0.2, -0.15) is 0 Å². The van der Waals surface area contributed by atoms with Gasteiger partial charge in [-0.1, -0.05) is 29.4 Å². The van der Waals surface area contributed by atoms with Crippen molar-refractivity contribution in [2.24, 2.45) is 0 Å². The van der Waals surface area contributed by atoms with Crippen molar-refractivity contribution in [3.63, 3.8) is 0 Å². The van der Waals surface area contributed by atoms with Gasteiger partial charge in [0.2, 0.25) is 0 Å². The molecule has 0 aliphatic carbocycles. The number of hydrogen-bond donors (Lipinski definition) is 1. The van der Waals surface area contributed by atoms with Crippen LogP contribution in [0.3, 0.4) is 0 Å². The van der Waals surface area contributed by atoms with Crippen LogP contribution in [-0.2, 0) is 4.74 Å². The number of hydrogen-bond acceptors (Lipinski definition) is 6. The highest BCUT2D eigenvalue weighted by molar-refractivity contribution is 5.93. The fraction of sp³-hybridized carbons (Fsp3) is 0.333. The second-order valence-electron chi connectivity index (χ2n) is 7.69. The summed E-state index contributed by atoms with van der Waals surface area (Å²) in [6.45, 7) is 4.94. The van der Waals surface area contributed by atoms with Crippen molar-refractivity contribution in [1.29, 1.82) is 0 Å². The van der Waals surface area contributed by atoms with Crippen LogP contribution in [0.15, 0.2) is 53.1 Å². The molecule has 1 amide bonds. The van der Waals surface area contributed by atoms with Crippen LogP contribution in [0.2, 0.25) is 0 Å². The van der Waals surface area contributed by atoms with Crippen LogP contribution in [0.25, 0.3) is 11.3 Å². The molecule has 0 spiro atoms. The number of carbonyl (C=O) groups excluding carboxylic acids is 1. The molecule has 1 aromatic heterocycles. The van der Waals surface area contributed by atoms with E-state index in [1.807, 2.05) is 24.3 Å². The first-order valence-corrected chi connectivity index (χ1v) is 10.5. The Morgan fingerprint density at radius 3 is 2.62 bits per heavy atom. The van der Waals surface area contributed by atoms with E-state index in [0.29, 0.717) is 36.6 Å². The topological polar surface area (TPSA) is 76.8 Å². The predicted octanol–water partition coefficient (Wildman–Crippen LogP) is 3.60. The average molecular weight is 439 g/mol. The molecule has 4 rings (SSSR count). The number of benzene rings is 2. The summed E-state index contributed by atoms with van der Waals surface area (Å²) in [4.78, 5) is 15.0. The van der Waals surface area contributed by atoms with Crippen LogP contribution in [0, 0.1) is 12.7 Å². The van der Waals surface area contributed by atoms with Crippen molar-refractivity contribution in [1.82, 2.24) is 15.4 Å². The molecule has 1 atom stereocenters. The Kier molecular flexibility index (Phi) is 6.82. The van der Waals surface area contributed by atoms with Crippen molar-refractivity contribution in [2.45, 2.75) is 13.0 Å². The summed E-state index contributed by atoms with van der Waals surface area (Å²) in [6.07, 6.45) is 0. The molecule has 1 fully saturated rings. The summed E-state index contributed by atoms with van der Waals surface area (Å²) in [6, 6.07) is 14.1. The van der Waals surface area contributed by atoms with E-state index in [4.69, 9.17) is 14.0 Å². The smallest absolute Gasteiger partial charge is 0.273 e. The Balaban J connectivity index is 1.47. The number of aryl methyl sites for hydroxylation is 1. The van der Waals surface area contributed by atoms with Gasteiger partial charge in [-0.15, -0.1) is 0 Å². The monoisotopic (exact) mass is 439 g/mol. The maximum absolute atomic E-state index is 13.9. The molecule has 0 saturated carbocycles. The van der Waals surface area contributed by atoms with E-state index >= 15 is 0 Å². The Bertz CT molecular complexity index is 1060. The third-order valence-electron chi connectivity index (χ3n) is 5.64. The number of amides is 1. The van der Waals surface area contributed by atoms with E-state index in [1.165, 1.54) is 12.1 Å². The Labute approximate surface area is 186 Å². The van der Waals surface area contributed by atoms with Crippen molar-refractivity contribution < 1.29 is 23.2 Å². The minimum absolute atomic E-state index is 0.0219. The van der Waals surface area contributed by atoms with Crippen molar-refractivity contribution in [3.05, 3.63) is 71.2 Å². The van der Waals surface area contributed by atoms with E-state index in [-0.39, 0.29) is 23.5 Å².